The Morgan fingerprint density at radius 1 is 0.903 bits per heavy atom. The van der Waals surface area contributed by atoms with E-state index >= 15 is 0 Å². The minimum absolute atomic E-state index is 0.0321. The first-order valence-electron chi connectivity index (χ1n) is 9.94. The molecular weight excluding hydrogens is 471 g/mol. The van der Waals surface area contributed by atoms with E-state index in [2.05, 4.69) is 4.90 Å². The van der Waals surface area contributed by atoms with Gasteiger partial charge in [-0.3, -0.25) is 4.79 Å². The molecule has 31 heavy (non-hydrogen) atoms. The molecule has 0 N–H and O–H groups in total. The van der Waals surface area contributed by atoms with Crippen LogP contribution < -0.4 is 4.90 Å². The summed E-state index contributed by atoms with van der Waals surface area (Å²) in [7, 11) is 0. The molecule has 160 valence electrons. The van der Waals surface area contributed by atoms with Crippen LogP contribution in [0.1, 0.15) is 11.6 Å². The summed E-state index contributed by atoms with van der Waals surface area (Å²) in [5, 5.41) is 1.89. The number of hydrogen-bond donors (Lipinski definition) is 0. The normalized spacial score (nSPS) is 16.4. The Kier molecular flexibility index (Phi) is 7.34. The number of thioether (sulfide) groups is 1. The van der Waals surface area contributed by atoms with Crippen molar-refractivity contribution in [2.45, 2.75) is 10.9 Å². The summed E-state index contributed by atoms with van der Waals surface area (Å²) in [5.74, 6) is 0.550. The molecule has 3 aromatic rings. The molecule has 1 atom stereocenters. The van der Waals surface area contributed by atoms with Gasteiger partial charge in [0.25, 0.3) is 0 Å². The van der Waals surface area contributed by atoms with Crippen molar-refractivity contribution in [1.29, 1.82) is 0 Å². The minimum atomic E-state index is -0.0321. The Morgan fingerprint density at radius 2 is 1.61 bits per heavy atom. The van der Waals surface area contributed by atoms with Crippen molar-refractivity contribution in [3.05, 3.63) is 93.4 Å². The lowest BCUT2D eigenvalue weighted by molar-refractivity contribution is -0.129. The predicted octanol–water partition coefficient (Wildman–Crippen LogP) is 6.83. The number of carbonyl (C=O) groups is 1. The first-order chi connectivity index (χ1) is 15.0. The lowest BCUT2D eigenvalue weighted by atomic mass is 10.0. The fourth-order valence-corrected chi connectivity index (χ4v) is 5.20. The topological polar surface area (TPSA) is 23.6 Å². The Balaban J connectivity index is 1.55. The van der Waals surface area contributed by atoms with E-state index in [-0.39, 0.29) is 11.9 Å². The fraction of sp³-hybridized carbons (Fsp3) is 0.208. The molecule has 0 radical (unpaired) electrons. The molecule has 1 aliphatic rings. The van der Waals surface area contributed by atoms with Crippen LogP contribution in [-0.2, 0) is 4.79 Å². The summed E-state index contributed by atoms with van der Waals surface area (Å²) < 4.78 is 0. The molecule has 1 saturated heterocycles. The van der Waals surface area contributed by atoms with Crippen molar-refractivity contribution in [2.24, 2.45) is 0 Å². The molecule has 7 heteroatoms. The smallest absolute Gasteiger partial charge is 0.233 e. The van der Waals surface area contributed by atoms with Crippen LogP contribution in [0.15, 0.2) is 77.7 Å². The van der Waals surface area contributed by atoms with Crippen LogP contribution >= 0.6 is 46.6 Å². The Hall–Kier alpha value is -1.85. The summed E-state index contributed by atoms with van der Waals surface area (Å²) in [6, 6.07) is 23.3. The monoisotopic (exact) mass is 490 g/mol. The molecule has 0 aliphatic carbocycles. The van der Waals surface area contributed by atoms with Crippen LogP contribution in [0.25, 0.3) is 0 Å². The van der Waals surface area contributed by atoms with Crippen molar-refractivity contribution in [3.8, 4) is 0 Å². The molecule has 1 unspecified atom stereocenters. The molecule has 1 heterocycles. The second-order valence-corrected chi connectivity index (χ2v) is 9.63. The van der Waals surface area contributed by atoms with Gasteiger partial charge < -0.3 is 9.80 Å². The van der Waals surface area contributed by atoms with Gasteiger partial charge in [-0.05, 0) is 48.0 Å². The third-order valence-electron chi connectivity index (χ3n) is 5.31. The summed E-state index contributed by atoms with van der Waals surface area (Å²) in [4.78, 5) is 18.3. The molecule has 1 fully saturated rings. The van der Waals surface area contributed by atoms with E-state index in [0.29, 0.717) is 40.5 Å². The minimum Gasteiger partial charge on any atom is -0.360 e. The first-order valence-corrected chi connectivity index (χ1v) is 12.1. The Labute approximate surface area is 201 Å². The lowest BCUT2D eigenvalue weighted by Crippen LogP contribution is -2.51. The van der Waals surface area contributed by atoms with Gasteiger partial charge in [0.15, 0.2) is 0 Å². The maximum absolute atomic E-state index is 13.0. The average Bonchev–Trinajstić information content (AvgIpc) is 2.78. The number of carbonyl (C=O) groups excluding carboxylic acids is 1. The van der Waals surface area contributed by atoms with Gasteiger partial charge in [0.2, 0.25) is 5.91 Å². The third-order valence-corrected chi connectivity index (χ3v) is 7.10. The van der Waals surface area contributed by atoms with Crippen molar-refractivity contribution in [3.63, 3.8) is 0 Å². The highest BCUT2D eigenvalue weighted by Gasteiger charge is 2.31. The van der Waals surface area contributed by atoms with E-state index in [1.165, 1.54) is 0 Å². The van der Waals surface area contributed by atoms with Crippen LogP contribution in [0.2, 0.25) is 15.1 Å². The van der Waals surface area contributed by atoms with Crippen molar-refractivity contribution < 1.29 is 4.79 Å². The van der Waals surface area contributed by atoms with Gasteiger partial charge >= 0.3 is 0 Å². The molecule has 1 aliphatic heterocycles. The SMILES string of the molecule is O=C(CSc1ccccc1)N1CCN(c2ccc(Cl)cc2Cl)C(c2ccc(Cl)cc2)C1. The van der Waals surface area contributed by atoms with Gasteiger partial charge in [-0.25, -0.2) is 0 Å². The van der Waals surface area contributed by atoms with Crippen LogP contribution in [0.5, 0.6) is 0 Å². The van der Waals surface area contributed by atoms with Gasteiger partial charge in [-0.15, -0.1) is 11.8 Å². The molecule has 1 amide bonds. The first kappa shape index (κ1) is 22.3. The summed E-state index contributed by atoms with van der Waals surface area (Å²) in [6.07, 6.45) is 0. The maximum atomic E-state index is 13.0. The number of piperazine rings is 1. The van der Waals surface area contributed by atoms with Gasteiger partial charge in [0.05, 0.1) is 22.5 Å². The van der Waals surface area contributed by atoms with Gasteiger partial charge in [-0.2, -0.15) is 0 Å². The van der Waals surface area contributed by atoms with Crippen LogP contribution in [0, 0.1) is 0 Å². The number of benzene rings is 3. The fourth-order valence-electron chi connectivity index (χ4n) is 3.74. The lowest BCUT2D eigenvalue weighted by Gasteiger charge is -2.43. The van der Waals surface area contributed by atoms with Crippen molar-refractivity contribution >= 4 is 58.2 Å². The quantitative estimate of drug-likeness (QED) is 0.365. The Morgan fingerprint density at radius 3 is 2.32 bits per heavy atom. The van der Waals surface area contributed by atoms with Gasteiger partial charge in [-0.1, -0.05) is 65.1 Å². The van der Waals surface area contributed by atoms with E-state index < -0.39 is 0 Å². The largest absolute Gasteiger partial charge is 0.360 e. The number of amides is 1. The molecule has 0 spiro atoms. The molecular formula is C24H21Cl3N2OS. The zero-order valence-electron chi connectivity index (χ0n) is 16.7. The van der Waals surface area contributed by atoms with Crippen molar-refractivity contribution in [1.82, 2.24) is 4.90 Å². The zero-order chi connectivity index (χ0) is 21.8. The summed E-state index contributed by atoms with van der Waals surface area (Å²) in [5.41, 5.74) is 2.00. The number of nitrogens with zero attached hydrogens (tertiary/aromatic N) is 2. The van der Waals surface area contributed by atoms with Crippen LogP contribution in [-0.4, -0.2) is 36.2 Å². The molecule has 3 aromatic carbocycles. The standard InChI is InChI=1S/C24H21Cl3N2OS/c25-18-8-6-17(7-9-18)23-15-28(24(30)16-31-20-4-2-1-3-5-20)12-13-29(23)22-11-10-19(26)14-21(22)27/h1-11,14,23H,12-13,15-16H2. The van der Waals surface area contributed by atoms with E-state index in [1.54, 1.807) is 17.8 Å². The molecule has 0 saturated carbocycles. The highest BCUT2D eigenvalue weighted by atomic mass is 35.5. The molecule has 0 bridgehead atoms. The molecule has 3 nitrogen and oxygen atoms in total. The van der Waals surface area contributed by atoms with Crippen LogP contribution in [0.3, 0.4) is 0 Å². The number of halogens is 3. The van der Waals surface area contributed by atoms with E-state index in [9.17, 15) is 4.79 Å². The predicted molar refractivity (Wildman–Crippen MR) is 132 cm³/mol. The van der Waals surface area contributed by atoms with E-state index in [4.69, 9.17) is 34.8 Å². The van der Waals surface area contributed by atoms with Gasteiger partial charge in [0.1, 0.15) is 0 Å². The molecule has 0 aromatic heterocycles. The van der Waals surface area contributed by atoms with E-state index in [1.807, 2.05) is 71.6 Å². The highest BCUT2D eigenvalue weighted by Crippen LogP contribution is 2.37. The number of rotatable bonds is 5. The maximum Gasteiger partial charge on any atom is 0.233 e. The van der Waals surface area contributed by atoms with Crippen LogP contribution in [0.4, 0.5) is 5.69 Å². The number of hydrogen-bond acceptors (Lipinski definition) is 3. The van der Waals surface area contributed by atoms with Gasteiger partial charge in [0, 0.05) is 34.6 Å². The second kappa shape index (κ2) is 10.2. The molecule has 4 rings (SSSR count). The zero-order valence-corrected chi connectivity index (χ0v) is 19.8. The Bertz CT molecular complexity index is 1050. The highest BCUT2D eigenvalue weighted by molar-refractivity contribution is 8.00. The number of anilines is 1. The van der Waals surface area contributed by atoms with Crippen molar-refractivity contribution in [2.75, 3.05) is 30.3 Å². The average molecular weight is 492 g/mol. The third kappa shape index (κ3) is 5.50. The van der Waals surface area contributed by atoms with E-state index in [0.717, 1.165) is 16.1 Å². The summed E-state index contributed by atoms with van der Waals surface area (Å²) in [6.45, 7) is 1.89. The second-order valence-electron chi connectivity index (χ2n) is 7.30. The summed E-state index contributed by atoms with van der Waals surface area (Å²) >= 11 is 20.3.